The Morgan fingerprint density at radius 3 is 2.38 bits per heavy atom. The number of nitrogens with one attached hydrogen (secondary N) is 1. The van der Waals surface area contributed by atoms with Crippen molar-refractivity contribution in [2.24, 2.45) is 5.92 Å². The molecule has 1 unspecified atom stereocenters. The van der Waals surface area contributed by atoms with E-state index in [4.69, 9.17) is 23.2 Å². The van der Waals surface area contributed by atoms with Gasteiger partial charge in [-0.1, -0.05) is 0 Å². The van der Waals surface area contributed by atoms with Crippen LogP contribution in [0.25, 0.3) is 0 Å². The van der Waals surface area contributed by atoms with E-state index in [0.717, 1.165) is 13.0 Å². The van der Waals surface area contributed by atoms with Gasteiger partial charge in [0.25, 0.3) is 0 Å². The molecule has 0 aliphatic heterocycles. The minimum Gasteiger partial charge on any atom is -0.319 e. The topological polar surface area (TPSA) is 12.0 Å². The van der Waals surface area contributed by atoms with Gasteiger partial charge < -0.3 is 5.32 Å². The number of halogens is 2. The van der Waals surface area contributed by atoms with E-state index in [1.54, 1.807) is 0 Å². The number of alkyl halides is 2. The normalized spacial score (nSPS) is 32.6. The minimum absolute atomic E-state index is 0.400. The molecule has 0 amide bonds. The molecule has 1 nitrogen and oxygen atoms in total. The van der Waals surface area contributed by atoms with Gasteiger partial charge in [0.05, 0.1) is 0 Å². The third kappa shape index (κ3) is 1.28. The van der Waals surface area contributed by atoms with Crippen LogP contribution in [-0.4, -0.2) is 17.9 Å². The van der Waals surface area contributed by atoms with E-state index in [1.165, 1.54) is 0 Å². The maximum Gasteiger partial charge on any atom is 0.122 e. The Bertz CT molecular complexity index is 92.4. The van der Waals surface area contributed by atoms with Crippen LogP contribution in [0.2, 0.25) is 0 Å². The average molecular weight is 154 g/mol. The quantitative estimate of drug-likeness (QED) is 0.592. The fourth-order valence-electron chi connectivity index (χ4n) is 0.737. The van der Waals surface area contributed by atoms with E-state index in [0.29, 0.717) is 5.92 Å². The third-order valence-corrected chi connectivity index (χ3v) is 2.33. The van der Waals surface area contributed by atoms with E-state index in [9.17, 15) is 0 Å². The Balaban J connectivity index is 2.17. The summed E-state index contributed by atoms with van der Waals surface area (Å²) in [6.07, 6.45) is 0.941. The summed E-state index contributed by atoms with van der Waals surface area (Å²) < 4.78 is -0.400. The van der Waals surface area contributed by atoms with Crippen molar-refractivity contribution >= 4 is 23.2 Å². The van der Waals surface area contributed by atoms with Crippen LogP contribution >= 0.6 is 23.2 Å². The van der Waals surface area contributed by atoms with E-state index in [2.05, 4.69) is 5.32 Å². The Labute approximate surface area is 59.3 Å². The SMILES string of the molecule is CNCC1CC1(Cl)Cl. The van der Waals surface area contributed by atoms with Crippen LogP contribution in [-0.2, 0) is 0 Å². The zero-order chi connectivity index (χ0) is 6.20. The summed E-state index contributed by atoms with van der Waals surface area (Å²) in [4.78, 5) is 0. The second kappa shape index (κ2) is 2.05. The van der Waals surface area contributed by atoms with Gasteiger partial charge in [-0.05, 0) is 13.5 Å². The van der Waals surface area contributed by atoms with E-state index < -0.39 is 4.33 Å². The molecule has 0 radical (unpaired) electrons. The molecule has 1 rings (SSSR count). The molecular formula is C5H9Cl2N. The molecular weight excluding hydrogens is 145 g/mol. The highest BCUT2D eigenvalue weighted by Crippen LogP contribution is 2.52. The Kier molecular flexibility index (Phi) is 1.71. The van der Waals surface area contributed by atoms with Crippen molar-refractivity contribution in [1.29, 1.82) is 0 Å². The van der Waals surface area contributed by atoms with Gasteiger partial charge in [0.15, 0.2) is 0 Å². The lowest BCUT2D eigenvalue weighted by Gasteiger charge is -1.95. The Hall–Kier alpha value is 0.540. The summed E-state index contributed by atoms with van der Waals surface area (Å²) in [6, 6.07) is 0. The zero-order valence-electron chi connectivity index (χ0n) is 4.75. The van der Waals surface area contributed by atoms with Gasteiger partial charge in [0.2, 0.25) is 0 Å². The molecule has 0 aromatic heterocycles. The standard InChI is InChI=1S/C5H9Cl2N/c1-8-3-4-2-5(4,6)7/h4,8H,2-3H2,1H3. The maximum absolute atomic E-state index is 5.71. The van der Waals surface area contributed by atoms with Crippen molar-refractivity contribution in [2.45, 2.75) is 10.8 Å². The summed E-state index contributed by atoms with van der Waals surface area (Å²) in [5, 5.41) is 3.02. The highest BCUT2D eigenvalue weighted by molar-refractivity contribution is 6.50. The van der Waals surface area contributed by atoms with Gasteiger partial charge in [-0.25, -0.2) is 0 Å². The van der Waals surface area contributed by atoms with Crippen LogP contribution < -0.4 is 5.32 Å². The lowest BCUT2D eigenvalue weighted by Crippen LogP contribution is -2.12. The largest absolute Gasteiger partial charge is 0.319 e. The van der Waals surface area contributed by atoms with Crippen molar-refractivity contribution in [2.75, 3.05) is 13.6 Å². The molecule has 1 aliphatic rings. The molecule has 0 spiro atoms. The Morgan fingerprint density at radius 2 is 2.25 bits per heavy atom. The van der Waals surface area contributed by atoms with Gasteiger partial charge in [0.1, 0.15) is 4.33 Å². The minimum atomic E-state index is -0.400. The van der Waals surface area contributed by atoms with E-state index in [-0.39, 0.29) is 0 Å². The first-order valence-corrected chi connectivity index (χ1v) is 3.45. The van der Waals surface area contributed by atoms with Gasteiger partial charge >= 0.3 is 0 Å². The zero-order valence-corrected chi connectivity index (χ0v) is 6.26. The molecule has 0 aromatic rings. The van der Waals surface area contributed by atoms with Crippen LogP contribution in [0.3, 0.4) is 0 Å². The molecule has 1 atom stereocenters. The van der Waals surface area contributed by atoms with Crippen LogP contribution in [0.1, 0.15) is 6.42 Å². The summed E-state index contributed by atoms with van der Waals surface area (Å²) in [7, 11) is 1.90. The van der Waals surface area contributed by atoms with Crippen molar-refractivity contribution in [3.8, 4) is 0 Å². The highest BCUT2D eigenvalue weighted by atomic mass is 35.5. The van der Waals surface area contributed by atoms with Crippen LogP contribution in [0.4, 0.5) is 0 Å². The fraction of sp³-hybridized carbons (Fsp3) is 1.00. The highest BCUT2D eigenvalue weighted by Gasteiger charge is 2.50. The molecule has 1 fully saturated rings. The van der Waals surface area contributed by atoms with Crippen molar-refractivity contribution < 1.29 is 0 Å². The Morgan fingerprint density at radius 1 is 1.75 bits per heavy atom. The van der Waals surface area contributed by atoms with Gasteiger partial charge in [-0.15, -0.1) is 23.2 Å². The summed E-state index contributed by atoms with van der Waals surface area (Å²) in [5.41, 5.74) is 0. The molecule has 1 N–H and O–H groups in total. The maximum atomic E-state index is 5.71. The molecule has 1 saturated carbocycles. The molecule has 0 saturated heterocycles. The van der Waals surface area contributed by atoms with Gasteiger partial charge in [-0.3, -0.25) is 0 Å². The van der Waals surface area contributed by atoms with Crippen molar-refractivity contribution in [3.05, 3.63) is 0 Å². The molecule has 0 heterocycles. The number of hydrogen-bond donors (Lipinski definition) is 1. The van der Waals surface area contributed by atoms with Crippen molar-refractivity contribution in [3.63, 3.8) is 0 Å². The van der Waals surface area contributed by atoms with Gasteiger partial charge in [0, 0.05) is 12.5 Å². The average Bonchev–Trinajstić information content (AvgIpc) is 2.15. The van der Waals surface area contributed by atoms with Crippen LogP contribution in [0.5, 0.6) is 0 Å². The third-order valence-electron chi connectivity index (χ3n) is 1.41. The number of hydrogen-bond acceptors (Lipinski definition) is 1. The van der Waals surface area contributed by atoms with Crippen LogP contribution in [0.15, 0.2) is 0 Å². The fourth-order valence-corrected chi connectivity index (χ4v) is 1.26. The smallest absolute Gasteiger partial charge is 0.122 e. The molecule has 48 valence electrons. The second-order valence-corrected chi connectivity index (χ2v) is 3.76. The summed E-state index contributed by atoms with van der Waals surface area (Å²) in [6.45, 7) is 0.938. The predicted octanol–water partition coefficient (Wildman–Crippen LogP) is 1.40. The first kappa shape index (κ1) is 6.66. The predicted molar refractivity (Wildman–Crippen MR) is 36.5 cm³/mol. The van der Waals surface area contributed by atoms with Crippen molar-refractivity contribution in [1.82, 2.24) is 5.32 Å². The molecule has 0 bridgehead atoms. The monoisotopic (exact) mass is 153 g/mol. The lowest BCUT2D eigenvalue weighted by molar-refractivity contribution is 0.710. The second-order valence-electron chi connectivity index (χ2n) is 2.22. The molecule has 0 aromatic carbocycles. The lowest BCUT2D eigenvalue weighted by atomic mass is 10.4. The van der Waals surface area contributed by atoms with E-state index >= 15 is 0 Å². The first-order chi connectivity index (χ1) is 3.67. The number of rotatable bonds is 2. The molecule has 8 heavy (non-hydrogen) atoms. The van der Waals surface area contributed by atoms with E-state index in [1.807, 2.05) is 7.05 Å². The summed E-state index contributed by atoms with van der Waals surface area (Å²) >= 11 is 11.4. The molecule has 3 heteroatoms. The molecule has 1 aliphatic carbocycles. The van der Waals surface area contributed by atoms with Crippen LogP contribution in [0, 0.1) is 5.92 Å². The van der Waals surface area contributed by atoms with Gasteiger partial charge in [-0.2, -0.15) is 0 Å². The summed E-state index contributed by atoms with van der Waals surface area (Å²) in [5.74, 6) is 0.482. The first-order valence-electron chi connectivity index (χ1n) is 2.69.